The van der Waals surface area contributed by atoms with Crippen LogP contribution in [0, 0.1) is 11.8 Å². The minimum Gasteiger partial charge on any atom is -0.462 e. The molecule has 2 aliphatic rings. The lowest BCUT2D eigenvalue weighted by Gasteiger charge is -2.20. The van der Waals surface area contributed by atoms with Gasteiger partial charge in [-0.1, -0.05) is 32.1 Å². The van der Waals surface area contributed by atoms with E-state index in [1.54, 1.807) is 0 Å². The molecule has 4 rings (SSSR count). The third kappa shape index (κ3) is 3.31. The molecule has 0 aromatic carbocycles. The minimum atomic E-state index is 0.329. The van der Waals surface area contributed by atoms with Crippen LogP contribution in [0.25, 0.3) is 5.65 Å². The Hall–Kier alpha value is -1.89. The molecular weight excluding hydrogens is 306 g/mol. The summed E-state index contributed by atoms with van der Waals surface area (Å²) in [6.07, 6.45) is 10.5. The van der Waals surface area contributed by atoms with Gasteiger partial charge in [-0.15, -0.1) is 5.10 Å². The minimum absolute atomic E-state index is 0.329. The number of rotatable bonds is 5. The summed E-state index contributed by atoms with van der Waals surface area (Å²) in [5, 5.41) is 4.52. The van der Waals surface area contributed by atoms with E-state index in [1.165, 1.54) is 32.1 Å². The Morgan fingerprint density at radius 2 is 2.08 bits per heavy atom. The van der Waals surface area contributed by atoms with Crippen molar-refractivity contribution in [3.8, 4) is 6.01 Å². The lowest BCUT2D eigenvalue weighted by molar-refractivity contribution is 0.163. The second kappa shape index (κ2) is 6.93. The normalized spacial score (nSPS) is 22.2. The molecule has 130 valence electrons. The summed E-state index contributed by atoms with van der Waals surface area (Å²) in [5.74, 6) is 1.50. The van der Waals surface area contributed by atoms with Gasteiger partial charge in [0.2, 0.25) is 0 Å². The van der Waals surface area contributed by atoms with E-state index < -0.39 is 0 Å². The smallest absolute Gasteiger partial charge is 0.336 e. The standard InChI is InChI=1S/C17H25N5O2/c18-15-16-19-9-14(8-12-4-2-1-3-5-12)22(16)21-17(20-15)24-11-13-6-7-23-10-13/h9,12-13H,1-8,10-11H2,(H2,18,20,21). The van der Waals surface area contributed by atoms with Crippen molar-refractivity contribution < 1.29 is 9.47 Å². The van der Waals surface area contributed by atoms with Crippen LogP contribution >= 0.6 is 0 Å². The van der Waals surface area contributed by atoms with Crippen molar-refractivity contribution >= 4 is 11.5 Å². The van der Waals surface area contributed by atoms with Gasteiger partial charge in [-0.2, -0.15) is 4.98 Å². The number of hydrogen-bond donors (Lipinski definition) is 1. The number of aromatic nitrogens is 4. The molecule has 7 heteroatoms. The second-order valence-corrected chi connectivity index (χ2v) is 7.01. The number of nitrogen functional groups attached to an aromatic ring is 1. The molecule has 1 aliphatic heterocycles. The van der Waals surface area contributed by atoms with Gasteiger partial charge in [0, 0.05) is 12.5 Å². The van der Waals surface area contributed by atoms with E-state index in [-0.39, 0.29) is 0 Å². The van der Waals surface area contributed by atoms with Crippen molar-refractivity contribution in [2.24, 2.45) is 11.8 Å². The van der Waals surface area contributed by atoms with Crippen molar-refractivity contribution in [1.29, 1.82) is 0 Å². The van der Waals surface area contributed by atoms with E-state index in [0.29, 0.717) is 30.0 Å². The molecule has 2 aromatic rings. The van der Waals surface area contributed by atoms with Crippen molar-refractivity contribution in [2.75, 3.05) is 25.6 Å². The molecule has 2 aromatic heterocycles. The van der Waals surface area contributed by atoms with Crippen molar-refractivity contribution in [3.63, 3.8) is 0 Å². The van der Waals surface area contributed by atoms with Gasteiger partial charge in [0.25, 0.3) is 0 Å². The van der Waals surface area contributed by atoms with Gasteiger partial charge >= 0.3 is 6.01 Å². The predicted molar refractivity (Wildman–Crippen MR) is 89.9 cm³/mol. The maximum absolute atomic E-state index is 6.05. The van der Waals surface area contributed by atoms with E-state index in [4.69, 9.17) is 15.2 Å². The summed E-state index contributed by atoms with van der Waals surface area (Å²) < 4.78 is 12.9. The fourth-order valence-corrected chi connectivity index (χ4v) is 3.72. The van der Waals surface area contributed by atoms with Crippen molar-refractivity contribution in [2.45, 2.75) is 44.9 Å². The number of imidazole rings is 1. The zero-order chi connectivity index (χ0) is 16.4. The second-order valence-electron chi connectivity index (χ2n) is 7.01. The molecule has 1 atom stereocenters. The van der Waals surface area contributed by atoms with Crippen LogP contribution in [0.4, 0.5) is 5.82 Å². The van der Waals surface area contributed by atoms with Crippen LogP contribution in [-0.2, 0) is 11.2 Å². The van der Waals surface area contributed by atoms with Crippen LogP contribution in [0.1, 0.15) is 44.2 Å². The van der Waals surface area contributed by atoms with Gasteiger partial charge in [-0.05, 0) is 18.8 Å². The van der Waals surface area contributed by atoms with Gasteiger partial charge in [0.15, 0.2) is 11.5 Å². The summed E-state index contributed by atoms with van der Waals surface area (Å²) in [6.45, 7) is 2.12. The van der Waals surface area contributed by atoms with Gasteiger partial charge in [0.1, 0.15) is 0 Å². The SMILES string of the molecule is Nc1nc(OCC2CCOC2)nn2c(CC3CCCCC3)cnc12. The van der Waals surface area contributed by atoms with Gasteiger partial charge in [-0.3, -0.25) is 0 Å². The maximum Gasteiger partial charge on any atom is 0.336 e. The van der Waals surface area contributed by atoms with Crippen molar-refractivity contribution in [1.82, 2.24) is 19.6 Å². The fraction of sp³-hybridized carbons (Fsp3) is 0.706. The third-order valence-corrected chi connectivity index (χ3v) is 5.13. The Balaban J connectivity index is 1.52. The summed E-state index contributed by atoms with van der Waals surface area (Å²) in [7, 11) is 0. The average molecular weight is 331 g/mol. The molecule has 1 unspecified atom stereocenters. The average Bonchev–Trinajstić information content (AvgIpc) is 3.25. The number of anilines is 1. The topological polar surface area (TPSA) is 87.6 Å². The van der Waals surface area contributed by atoms with Crippen LogP contribution in [0.15, 0.2) is 6.20 Å². The first kappa shape index (κ1) is 15.6. The molecule has 1 saturated heterocycles. The molecule has 1 saturated carbocycles. The Morgan fingerprint density at radius 3 is 2.88 bits per heavy atom. The van der Waals surface area contributed by atoms with Gasteiger partial charge in [-0.25, -0.2) is 9.50 Å². The van der Waals surface area contributed by atoms with E-state index in [2.05, 4.69) is 15.1 Å². The summed E-state index contributed by atoms with van der Waals surface area (Å²) in [5.41, 5.74) is 7.77. The monoisotopic (exact) mass is 331 g/mol. The van der Waals surface area contributed by atoms with Gasteiger partial charge in [0.05, 0.1) is 25.1 Å². The molecule has 3 heterocycles. The van der Waals surface area contributed by atoms with E-state index in [1.807, 2.05) is 10.7 Å². The Labute approximate surface area is 141 Å². The highest BCUT2D eigenvalue weighted by Gasteiger charge is 2.20. The number of fused-ring (bicyclic) bond motifs is 1. The van der Waals surface area contributed by atoms with Crippen LogP contribution < -0.4 is 10.5 Å². The lowest BCUT2D eigenvalue weighted by atomic mass is 9.86. The zero-order valence-electron chi connectivity index (χ0n) is 14.0. The van der Waals surface area contributed by atoms with Crippen LogP contribution in [-0.4, -0.2) is 39.4 Å². The quantitative estimate of drug-likeness (QED) is 0.904. The molecule has 2 fully saturated rings. The van der Waals surface area contributed by atoms with Crippen molar-refractivity contribution in [3.05, 3.63) is 11.9 Å². The van der Waals surface area contributed by atoms with Crippen LogP contribution in [0.2, 0.25) is 0 Å². The summed E-state index contributed by atoms with van der Waals surface area (Å²) in [6, 6.07) is 0.329. The number of nitrogens with zero attached hydrogens (tertiary/aromatic N) is 4. The Kier molecular flexibility index (Phi) is 4.51. The third-order valence-electron chi connectivity index (χ3n) is 5.13. The molecule has 24 heavy (non-hydrogen) atoms. The van der Waals surface area contributed by atoms with Gasteiger partial charge < -0.3 is 15.2 Å². The first-order chi connectivity index (χ1) is 11.8. The fourth-order valence-electron chi connectivity index (χ4n) is 3.72. The maximum atomic E-state index is 6.05. The van der Waals surface area contributed by atoms with E-state index >= 15 is 0 Å². The molecule has 0 radical (unpaired) electrons. The molecular formula is C17H25N5O2. The molecule has 0 amide bonds. The Bertz CT molecular complexity index is 690. The highest BCUT2D eigenvalue weighted by Crippen LogP contribution is 2.27. The zero-order valence-corrected chi connectivity index (χ0v) is 14.0. The molecule has 7 nitrogen and oxygen atoms in total. The number of nitrogens with two attached hydrogens (primary N) is 1. The molecule has 0 spiro atoms. The van der Waals surface area contributed by atoms with Crippen LogP contribution in [0.3, 0.4) is 0 Å². The summed E-state index contributed by atoms with van der Waals surface area (Å²) in [4.78, 5) is 8.64. The highest BCUT2D eigenvalue weighted by atomic mass is 16.5. The largest absolute Gasteiger partial charge is 0.462 e. The Morgan fingerprint density at radius 1 is 1.21 bits per heavy atom. The van der Waals surface area contributed by atoms with E-state index in [0.717, 1.165) is 37.7 Å². The highest BCUT2D eigenvalue weighted by molar-refractivity contribution is 5.59. The molecule has 2 N–H and O–H groups in total. The molecule has 1 aliphatic carbocycles. The number of ether oxygens (including phenoxy) is 2. The first-order valence-corrected chi connectivity index (χ1v) is 9.00. The predicted octanol–water partition coefficient (Wildman–Crippen LogP) is 2.24. The first-order valence-electron chi connectivity index (χ1n) is 9.00. The van der Waals surface area contributed by atoms with E-state index in [9.17, 15) is 0 Å². The lowest BCUT2D eigenvalue weighted by Crippen LogP contribution is -2.16. The molecule has 0 bridgehead atoms. The van der Waals surface area contributed by atoms with Crippen LogP contribution in [0.5, 0.6) is 6.01 Å². The number of hydrogen-bond acceptors (Lipinski definition) is 6. The summed E-state index contributed by atoms with van der Waals surface area (Å²) >= 11 is 0.